The van der Waals surface area contributed by atoms with Crippen molar-refractivity contribution in [1.29, 1.82) is 0 Å². The molecule has 19 heavy (non-hydrogen) atoms. The Morgan fingerprint density at radius 3 is 2.53 bits per heavy atom. The van der Waals surface area contributed by atoms with Gasteiger partial charge in [-0.2, -0.15) is 4.98 Å². The summed E-state index contributed by atoms with van der Waals surface area (Å²) >= 11 is 1.71. The van der Waals surface area contributed by atoms with Gasteiger partial charge in [0.2, 0.25) is 11.7 Å². The fourth-order valence-electron chi connectivity index (χ4n) is 2.01. The van der Waals surface area contributed by atoms with Crippen molar-refractivity contribution in [2.24, 2.45) is 5.73 Å². The van der Waals surface area contributed by atoms with E-state index >= 15 is 0 Å². The molecule has 0 aliphatic rings. The van der Waals surface area contributed by atoms with Crippen LogP contribution in [0.3, 0.4) is 0 Å². The summed E-state index contributed by atoms with van der Waals surface area (Å²) in [7, 11) is 0. The highest BCUT2D eigenvalue weighted by atomic mass is 32.2. The number of nitrogens with two attached hydrogens (primary N) is 1. The Morgan fingerprint density at radius 1 is 1.32 bits per heavy atom. The van der Waals surface area contributed by atoms with E-state index in [0.29, 0.717) is 11.7 Å². The third kappa shape index (κ3) is 3.16. The Morgan fingerprint density at radius 2 is 2.00 bits per heavy atom. The molecule has 0 aliphatic carbocycles. The van der Waals surface area contributed by atoms with Gasteiger partial charge >= 0.3 is 0 Å². The van der Waals surface area contributed by atoms with Gasteiger partial charge in [0.1, 0.15) is 0 Å². The van der Waals surface area contributed by atoms with Crippen LogP contribution in [-0.2, 0) is 0 Å². The molecule has 0 amide bonds. The first-order valence-electron chi connectivity index (χ1n) is 6.39. The van der Waals surface area contributed by atoms with E-state index in [2.05, 4.69) is 35.5 Å². The zero-order valence-corrected chi connectivity index (χ0v) is 12.3. The zero-order chi connectivity index (χ0) is 13.8. The summed E-state index contributed by atoms with van der Waals surface area (Å²) in [5.74, 6) is 1.37. The predicted octanol–water partition coefficient (Wildman–Crippen LogP) is 3.30. The Labute approximate surface area is 117 Å². The second-order valence-corrected chi connectivity index (χ2v) is 5.44. The summed E-state index contributed by atoms with van der Waals surface area (Å²) in [6.07, 6.45) is 2.95. The van der Waals surface area contributed by atoms with E-state index in [0.717, 1.165) is 12.0 Å². The molecule has 2 unspecified atom stereocenters. The number of hydrogen-bond acceptors (Lipinski definition) is 5. The number of hydrogen-bond donors (Lipinski definition) is 1. The maximum atomic E-state index is 5.93. The largest absolute Gasteiger partial charge is 0.339 e. The molecule has 0 spiro atoms. The van der Waals surface area contributed by atoms with E-state index in [-0.39, 0.29) is 12.0 Å². The molecule has 0 saturated carbocycles. The minimum absolute atomic E-state index is 0.0113. The number of nitrogens with zero attached hydrogens (tertiary/aromatic N) is 2. The first-order valence-corrected chi connectivity index (χ1v) is 7.61. The van der Waals surface area contributed by atoms with Crippen LogP contribution in [0.5, 0.6) is 0 Å². The van der Waals surface area contributed by atoms with Gasteiger partial charge in [-0.15, -0.1) is 11.8 Å². The van der Waals surface area contributed by atoms with Crippen LogP contribution in [0.1, 0.15) is 32.1 Å². The Hall–Kier alpha value is -1.33. The average molecular weight is 277 g/mol. The van der Waals surface area contributed by atoms with Crippen molar-refractivity contribution in [3.63, 3.8) is 0 Å². The van der Waals surface area contributed by atoms with Gasteiger partial charge < -0.3 is 10.3 Å². The molecule has 2 aromatic rings. The van der Waals surface area contributed by atoms with Crippen LogP contribution in [0.15, 0.2) is 33.7 Å². The molecule has 0 aliphatic heterocycles. The molecule has 1 heterocycles. The van der Waals surface area contributed by atoms with Gasteiger partial charge in [0.25, 0.3) is 0 Å². The average Bonchev–Trinajstić information content (AvgIpc) is 2.89. The molecule has 5 heteroatoms. The SMILES string of the molecule is CCC(c1nc(-c2ccc(SC)cc2)no1)C(C)N. The van der Waals surface area contributed by atoms with Crippen LogP contribution in [-0.4, -0.2) is 22.4 Å². The lowest BCUT2D eigenvalue weighted by molar-refractivity contribution is 0.334. The molecular formula is C14H19N3OS. The Bertz CT molecular complexity index is 522. The van der Waals surface area contributed by atoms with Crippen molar-refractivity contribution in [2.75, 3.05) is 6.26 Å². The van der Waals surface area contributed by atoms with E-state index < -0.39 is 0 Å². The van der Waals surface area contributed by atoms with E-state index in [1.807, 2.05) is 19.1 Å². The highest BCUT2D eigenvalue weighted by Crippen LogP contribution is 2.25. The van der Waals surface area contributed by atoms with E-state index in [9.17, 15) is 0 Å². The van der Waals surface area contributed by atoms with Crippen molar-refractivity contribution < 1.29 is 4.52 Å². The molecule has 2 rings (SSSR count). The lowest BCUT2D eigenvalue weighted by Gasteiger charge is -2.13. The van der Waals surface area contributed by atoms with Gasteiger partial charge in [-0.05, 0) is 43.9 Å². The highest BCUT2D eigenvalue weighted by Gasteiger charge is 2.21. The molecular weight excluding hydrogens is 258 g/mol. The summed E-state index contributed by atoms with van der Waals surface area (Å²) in [5, 5.41) is 4.04. The van der Waals surface area contributed by atoms with Gasteiger partial charge in [-0.1, -0.05) is 12.1 Å². The molecule has 0 fully saturated rings. The van der Waals surface area contributed by atoms with Crippen LogP contribution in [0, 0.1) is 0 Å². The van der Waals surface area contributed by atoms with Crippen LogP contribution in [0.4, 0.5) is 0 Å². The zero-order valence-electron chi connectivity index (χ0n) is 11.5. The van der Waals surface area contributed by atoms with Gasteiger partial charge in [0.15, 0.2) is 0 Å². The molecule has 4 nitrogen and oxygen atoms in total. The van der Waals surface area contributed by atoms with Gasteiger partial charge in [-0.3, -0.25) is 0 Å². The Balaban J connectivity index is 2.24. The van der Waals surface area contributed by atoms with E-state index in [1.54, 1.807) is 11.8 Å². The van der Waals surface area contributed by atoms with Crippen LogP contribution >= 0.6 is 11.8 Å². The molecule has 0 bridgehead atoms. The normalized spacial score (nSPS) is 14.3. The lowest BCUT2D eigenvalue weighted by atomic mass is 9.99. The van der Waals surface area contributed by atoms with Crippen LogP contribution in [0.2, 0.25) is 0 Å². The fraction of sp³-hybridized carbons (Fsp3) is 0.429. The number of thioether (sulfide) groups is 1. The lowest BCUT2D eigenvalue weighted by Crippen LogP contribution is -2.24. The summed E-state index contributed by atoms with van der Waals surface area (Å²) in [6, 6.07) is 8.13. The fourth-order valence-corrected chi connectivity index (χ4v) is 2.42. The summed E-state index contributed by atoms with van der Waals surface area (Å²) < 4.78 is 5.34. The second kappa shape index (κ2) is 6.21. The molecule has 102 valence electrons. The van der Waals surface area contributed by atoms with E-state index in [1.165, 1.54) is 4.90 Å². The van der Waals surface area contributed by atoms with Crippen LogP contribution in [0.25, 0.3) is 11.4 Å². The van der Waals surface area contributed by atoms with Crippen molar-refractivity contribution in [3.8, 4) is 11.4 Å². The maximum Gasteiger partial charge on any atom is 0.231 e. The molecule has 1 aromatic heterocycles. The maximum absolute atomic E-state index is 5.93. The third-order valence-electron chi connectivity index (χ3n) is 3.18. The third-order valence-corrected chi connectivity index (χ3v) is 3.93. The molecule has 2 atom stereocenters. The standard InChI is InChI=1S/C14H19N3OS/c1-4-12(9(2)15)14-16-13(17-18-14)10-5-7-11(19-3)8-6-10/h5-9,12H,4,15H2,1-3H3. The van der Waals surface area contributed by atoms with Crippen molar-refractivity contribution in [1.82, 2.24) is 10.1 Å². The molecule has 0 saturated heterocycles. The molecule has 0 radical (unpaired) electrons. The first kappa shape index (κ1) is 14.1. The smallest absolute Gasteiger partial charge is 0.231 e. The topological polar surface area (TPSA) is 64.9 Å². The summed E-state index contributed by atoms with van der Waals surface area (Å²) in [6.45, 7) is 4.04. The number of aromatic nitrogens is 2. The monoisotopic (exact) mass is 277 g/mol. The minimum Gasteiger partial charge on any atom is -0.339 e. The second-order valence-electron chi connectivity index (χ2n) is 4.56. The van der Waals surface area contributed by atoms with E-state index in [4.69, 9.17) is 10.3 Å². The van der Waals surface area contributed by atoms with Gasteiger partial charge in [-0.25, -0.2) is 0 Å². The number of rotatable bonds is 5. The Kier molecular flexibility index (Phi) is 4.61. The van der Waals surface area contributed by atoms with Gasteiger partial charge in [0.05, 0.1) is 5.92 Å². The van der Waals surface area contributed by atoms with Crippen molar-refractivity contribution in [2.45, 2.75) is 37.1 Å². The number of benzene rings is 1. The molecule has 1 aromatic carbocycles. The first-order chi connectivity index (χ1) is 9.15. The van der Waals surface area contributed by atoms with Gasteiger partial charge in [0, 0.05) is 16.5 Å². The quantitative estimate of drug-likeness (QED) is 0.849. The molecule has 2 N–H and O–H groups in total. The highest BCUT2D eigenvalue weighted by molar-refractivity contribution is 7.98. The minimum atomic E-state index is 0.0113. The summed E-state index contributed by atoms with van der Waals surface area (Å²) in [5.41, 5.74) is 6.90. The summed E-state index contributed by atoms with van der Waals surface area (Å²) in [4.78, 5) is 5.68. The van der Waals surface area contributed by atoms with Crippen molar-refractivity contribution >= 4 is 11.8 Å². The van der Waals surface area contributed by atoms with Crippen molar-refractivity contribution in [3.05, 3.63) is 30.2 Å². The predicted molar refractivity (Wildman–Crippen MR) is 78.2 cm³/mol. The van der Waals surface area contributed by atoms with Crippen LogP contribution < -0.4 is 5.73 Å².